The van der Waals surface area contributed by atoms with Crippen molar-refractivity contribution in [3.8, 4) is 5.75 Å². The minimum Gasteiger partial charge on any atom is -0.497 e. The van der Waals surface area contributed by atoms with Crippen molar-refractivity contribution in [1.82, 2.24) is 14.7 Å². The number of carbonyl (C=O) groups excluding carboxylic acids is 2. The number of carbonyl (C=O) groups is 2. The third kappa shape index (κ3) is 3.85. The molecule has 4 rings (SSSR count). The second kappa shape index (κ2) is 8.80. The number of hydrogen-bond donors (Lipinski definition) is 0. The van der Waals surface area contributed by atoms with E-state index in [0.29, 0.717) is 13.1 Å². The summed E-state index contributed by atoms with van der Waals surface area (Å²) in [4.78, 5) is 32.4. The average Bonchev–Trinajstić information content (AvgIpc) is 2.97. The van der Waals surface area contributed by atoms with Crippen LogP contribution in [0.2, 0.25) is 0 Å². The Morgan fingerprint density at radius 1 is 1.17 bits per heavy atom. The minimum atomic E-state index is -0.673. The maximum Gasteiger partial charge on any atom is 0.327 e. The van der Waals surface area contributed by atoms with Gasteiger partial charge in [0.15, 0.2) is 0 Å². The number of likely N-dealkylation sites (tertiary alicyclic amines) is 1. The first-order chi connectivity index (χ1) is 14.6. The Kier molecular flexibility index (Phi) is 6.14. The van der Waals surface area contributed by atoms with Crippen molar-refractivity contribution < 1.29 is 14.3 Å². The van der Waals surface area contributed by atoms with Gasteiger partial charge in [0, 0.05) is 26.2 Å². The fourth-order valence-electron chi connectivity index (χ4n) is 5.29. The zero-order chi connectivity index (χ0) is 21.1. The molecule has 30 heavy (non-hydrogen) atoms. The highest BCUT2D eigenvalue weighted by Gasteiger charge is 2.57. The number of methoxy groups -OCH3 is 1. The second-order valence-corrected chi connectivity index (χ2v) is 8.75. The Labute approximate surface area is 179 Å². The van der Waals surface area contributed by atoms with Crippen molar-refractivity contribution >= 4 is 11.9 Å². The van der Waals surface area contributed by atoms with E-state index in [4.69, 9.17) is 4.74 Å². The number of nitrogens with zero attached hydrogens (tertiary/aromatic N) is 3. The molecular weight excluding hydrogens is 378 g/mol. The number of imide groups is 1. The molecule has 3 aliphatic rings. The monoisotopic (exact) mass is 411 g/mol. The van der Waals surface area contributed by atoms with Gasteiger partial charge < -0.3 is 14.5 Å². The lowest BCUT2D eigenvalue weighted by atomic mass is 9.84. The minimum absolute atomic E-state index is 0.0302. The number of allylic oxidation sites excluding steroid dienone is 2. The summed E-state index contributed by atoms with van der Waals surface area (Å²) in [6, 6.07) is 7.44. The molecule has 0 radical (unpaired) electrons. The molecule has 0 bridgehead atoms. The van der Waals surface area contributed by atoms with Crippen molar-refractivity contribution in [2.75, 3.05) is 33.3 Å². The van der Waals surface area contributed by atoms with E-state index in [1.54, 1.807) is 7.11 Å². The maximum atomic E-state index is 13.5. The lowest BCUT2D eigenvalue weighted by Gasteiger charge is -2.42. The zero-order valence-corrected chi connectivity index (χ0v) is 18.2. The van der Waals surface area contributed by atoms with Crippen LogP contribution in [0, 0.1) is 5.92 Å². The fraction of sp³-hybridized carbons (Fsp3) is 0.583. The fourth-order valence-corrected chi connectivity index (χ4v) is 5.29. The Morgan fingerprint density at radius 2 is 1.97 bits per heavy atom. The highest BCUT2D eigenvalue weighted by molar-refractivity contribution is 6.07. The lowest BCUT2D eigenvalue weighted by molar-refractivity contribution is -0.136. The Bertz CT molecular complexity index is 814. The normalized spacial score (nSPS) is 24.1. The summed E-state index contributed by atoms with van der Waals surface area (Å²) in [7, 11) is 1.62. The standard InChI is InChI=1S/C24H33N3O3/c1-3-27-23(29)26(18-20-10-7-11-21(16-20)30-2)22(28)24(27)12-14-25(15-13-24)17-19-8-5-4-6-9-19/h4-5,7,10-11,16,19H,3,6,8-9,12-15,17-18H2,1-2H3/t19-/m1/s1. The van der Waals surface area contributed by atoms with Crippen molar-refractivity contribution in [3.63, 3.8) is 0 Å². The quantitative estimate of drug-likeness (QED) is 0.529. The van der Waals surface area contributed by atoms with Gasteiger partial charge in [-0.05, 0) is 62.6 Å². The van der Waals surface area contributed by atoms with Gasteiger partial charge >= 0.3 is 6.03 Å². The first-order valence-corrected chi connectivity index (χ1v) is 11.2. The van der Waals surface area contributed by atoms with Crippen LogP contribution in [0.25, 0.3) is 0 Å². The molecule has 1 aliphatic carbocycles. The summed E-state index contributed by atoms with van der Waals surface area (Å²) in [5.74, 6) is 1.42. The molecule has 1 aromatic carbocycles. The molecule has 2 saturated heterocycles. The van der Waals surface area contributed by atoms with Gasteiger partial charge in [0.2, 0.25) is 0 Å². The van der Waals surface area contributed by atoms with Crippen LogP contribution >= 0.6 is 0 Å². The van der Waals surface area contributed by atoms with Gasteiger partial charge in [0.25, 0.3) is 5.91 Å². The lowest BCUT2D eigenvalue weighted by Crippen LogP contribution is -2.56. The van der Waals surface area contributed by atoms with Crippen LogP contribution in [0.3, 0.4) is 0 Å². The van der Waals surface area contributed by atoms with E-state index in [2.05, 4.69) is 17.1 Å². The third-order valence-corrected chi connectivity index (χ3v) is 6.99. The number of piperidine rings is 1. The molecule has 6 nitrogen and oxygen atoms in total. The van der Waals surface area contributed by atoms with Crippen LogP contribution in [0.15, 0.2) is 36.4 Å². The highest BCUT2D eigenvalue weighted by atomic mass is 16.5. The maximum absolute atomic E-state index is 13.5. The number of rotatable bonds is 6. The second-order valence-electron chi connectivity index (χ2n) is 8.75. The molecule has 0 N–H and O–H groups in total. The van der Waals surface area contributed by atoms with E-state index >= 15 is 0 Å². The van der Waals surface area contributed by atoms with Gasteiger partial charge in [-0.25, -0.2) is 4.79 Å². The first kappa shape index (κ1) is 20.9. The summed E-state index contributed by atoms with van der Waals surface area (Å²) < 4.78 is 5.29. The summed E-state index contributed by atoms with van der Waals surface area (Å²) in [5, 5.41) is 0. The summed E-state index contributed by atoms with van der Waals surface area (Å²) >= 11 is 0. The molecule has 2 fully saturated rings. The molecule has 162 valence electrons. The number of likely N-dealkylation sites (N-methyl/N-ethyl adjacent to an activating group) is 1. The molecule has 0 aromatic heterocycles. The van der Waals surface area contributed by atoms with Crippen molar-refractivity contribution in [1.29, 1.82) is 0 Å². The molecule has 6 heteroatoms. The van der Waals surface area contributed by atoms with E-state index in [1.807, 2.05) is 36.1 Å². The van der Waals surface area contributed by atoms with Crippen molar-refractivity contribution in [2.24, 2.45) is 5.92 Å². The predicted octanol–water partition coefficient (Wildman–Crippen LogP) is 3.67. The number of ether oxygens (including phenoxy) is 1. The van der Waals surface area contributed by atoms with Crippen molar-refractivity contribution in [3.05, 3.63) is 42.0 Å². The molecular formula is C24H33N3O3. The smallest absolute Gasteiger partial charge is 0.327 e. The number of urea groups is 1. The van der Waals surface area contributed by atoms with Crippen LogP contribution < -0.4 is 4.74 Å². The number of benzene rings is 1. The van der Waals surface area contributed by atoms with Crippen LogP contribution in [0.4, 0.5) is 4.79 Å². The Balaban J connectivity index is 1.45. The number of amides is 3. The van der Waals surface area contributed by atoms with Gasteiger partial charge in [-0.2, -0.15) is 0 Å². The molecule has 2 heterocycles. The summed E-state index contributed by atoms with van der Waals surface area (Å²) in [5.41, 5.74) is 0.236. The molecule has 1 atom stereocenters. The SMILES string of the molecule is CCN1C(=O)N(Cc2cccc(OC)c2)C(=O)C12CCN(C[C@@H]1CC=CCC1)CC2. The van der Waals surface area contributed by atoms with E-state index < -0.39 is 5.54 Å². The van der Waals surface area contributed by atoms with Crippen LogP contribution in [0.5, 0.6) is 5.75 Å². The molecule has 2 aliphatic heterocycles. The van der Waals surface area contributed by atoms with E-state index in [0.717, 1.165) is 56.1 Å². The average molecular weight is 412 g/mol. The first-order valence-electron chi connectivity index (χ1n) is 11.2. The molecule has 1 spiro atoms. The molecule has 0 unspecified atom stereocenters. The van der Waals surface area contributed by atoms with Gasteiger partial charge in [-0.3, -0.25) is 9.69 Å². The summed E-state index contributed by atoms with van der Waals surface area (Å²) in [6.45, 7) is 5.69. The van der Waals surface area contributed by atoms with Gasteiger partial charge in [-0.1, -0.05) is 24.3 Å². The summed E-state index contributed by atoms with van der Waals surface area (Å²) in [6.07, 6.45) is 9.62. The molecule has 0 saturated carbocycles. The predicted molar refractivity (Wildman–Crippen MR) is 116 cm³/mol. The van der Waals surface area contributed by atoms with Gasteiger partial charge in [0.05, 0.1) is 13.7 Å². The molecule has 1 aromatic rings. The Hall–Kier alpha value is -2.34. The Morgan fingerprint density at radius 3 is 2.63 bits per heavy atom. The van der Waals surface area contributed by atoms with Crippen LogP contribution in [0.1, 0.15) is 44.6 Å². The van der Waals surface area contributed by atoms with Crippen LogP contribution in [-0.4, -0.2) is 65.5 Å². The topological polar surface area (TPSA) is 53.1 Å². The van der Waals surface area contributed by atoms with Gasteiger partial charge in [0.1, 0.15) is 11.3 Å². The van der Waals surface area contributed by atoms with Crippen LogP contribution in [-0.2, 0) is 11.3 Å². The van der Waals surface area contributed by atoms with E-state index in [1.165, 1.54) is 17.7 Å². The number of hydrogen-bond acceptors (Lipinski definition) is 4. The van der Waals surface area contributed by atoms with E-state index in [-0.39, 0.29) is 11.9 Å². The third-order valence-electron chi connectivity index (χ3n) is 6.99. The molecule has 3 amide bonds. The zero-order valence-electron chi connectivity index (χ0n) is 18.2. The van der Waals surface area contributed by atoms with Crippen molar-refractivity contribution in [2.45, 2.75) is 51.1 Å². The highest BCUT2D eigenvalue weighted by Crippen LogP contribution is 2.38. The largest absolute Gasteiger partial charge is 0.497 e. The van der Waals surface area contributed by atoms with E-state index in [9.17, 15) is 9.59 Å². The van der Waals surface area contributed by atoms with Gasteiger partial charge in [-0.15, -0.1) is 0 Å².